The number of rotatable bonds is 3. The Bertz CT molecular complexity index is 430. The fraction of sp³-hybridized carbons (Fsp3) is 0.562. The lowest BCUT2D eigenvalue weighted by atomic mass is 9.62. The highest BCUT2D eigenvalue weighted by Gasteiger charge is 2.48. The first-order valence-electron chi connectivity index (χ1n) is 7.01. The van der Waals surface area contributed by atoms with Crippen LogP contribution in [0.15, 0.2) is 30.3 Å². The van der Waals surface area contributed by atoms with Gasteiger partial charge in [0.15, 0.2) is 0 Å². The number of nitrogens with zero attached hydrogens (tertiary/aromatic N) is 1. The highest BCUT2D eigenvalue weighted by atomic mass is 16.3. The van der Waals surface area contributed by atoms with E-state index in [1.54, 1.807) is 19.0 Å². The first kappa shape index (κ1) is 14.1. The van der Waals surface area contributed by atoms with E-state index in [0.29, 0.717) is 0 Å². The van der Waals surface area contributed by atoms with Gasteiger partial charge in [0.05, 0.1) is 5.41 Å². The predicted molar refractivity (Wildman–Crippen MR) is 75.9 cm³/mol. The minimum Gasteiger partial charge on any atom is -0.396 e. The molecular formula is C16H23NO2. The minimum absolute atomic E-state index is 0.0264. The lowest BCUT2D eigenvalue weighted by Crippen LogP contribution is -2.51. The maximum Gasteiger partial charge on any atom is 0.233 e. The van der Waals surface area contributed by atoms with Crippen LogP contribution in [0.1, 0.15) is 31.2 Å². The molecule has 1 fully saturated rings. The molecule has 0 saturated heterocycles. The van der Waals surface area contributed by atoms with E-state index in [1.807, 2.05) is 30.3 Å². The molecule has 1 saturated carbocycles. The molecule has 3 heteroatoms. The number of amides is 1. The van der Waals surface area contributed by atoms with Crippen LogP contribution < -0.4 is 0 Å². The van der Waals surface area contributed by atoms with E-state index in [4.69, 9.17) is 0 Å². The fourth-order valence-corrected chi connectivity index (χ4v) is 3.41. The molecule has 2 rings (SSSR count). The Morgan fingerprint density at radius 2 is 2.00 bits per heavy atom. The van der Waals surface area contributed by atoms with Crippen molar-refractivity contribution in [1.82, 2.24) is 4.90 Å². The normalized spacial score (nSPS) is 27.0. The van der Waals surface area contributed by atoms with E-state index in [9.17, 15) is 9.90 Å². The molecule has 1 aromatic carbocycles. The molecule has 1 amide bonds. The van der Waals surface area contributed by atoms with Crippen molar-refractivity contribution in [3.63, 3.8) is 0 Å². The molecule has 0 unspecified atom stereocenters. The summed E-state index contributed by atoms with van der Waals surface area (Å²) in [6.45, 7) is 0.0779. The first-order valence-corrected chi connectivity index (χ1v) is 7.01. The number of aliphatic hydroxyl groups is 1. The summed E-state index contributed by atoms with van der Waals surface area (Å²) in [5.41, 5.74) is 0.505. The zero-order valence-corrected chi connectivity index (χ0v) is 11.8. The van der Waals surface area contributed by atoms with Crippen LogP contribution in [0.5, 0.6) is 0 Å². The molecule has 104 valence electrons. The van der Waals surface area contributed by atoms with Gasteiger partial charge in [0.1, 0.15) is 0 Å². The summed E-state index contributed by atoms with van der Waals surface area (Å²) in [5, 5.41) is 9.75. The van der Waals surface area contributed by atoms with Gasteiger partial charge in [0, 0.05) is 26.6 Å². The van der Waals surface area contributed by atoms with Crippen molar-refractivity contribution in [2.75, 3.05) is 20.7 Å². The largest absolute Gasteiger partial charge is 0.396 e. The zero-order valence-electron chi connectivity index (χ0n) is 11.8. The second kappa shape index (κ2) is 5.74. The van der Waals surface area contributed by atoms with Gasteiger partial charge in [-0.05, 0) is 18.4 Å². The second-order valence-electron chi connectivity index (χ2n) is 5.66. The van der Waals surface area contributed by atoms with Gasteiger partial charge in [-0.15, -0.1) is 0 Å². The summed E-state index contributed by atoms with van der Waals surface area (Å²) >= 11 is 0. The maximum absolute atomic E-state index is 12.8. The van der Waals surface area contributed by atoms with Gasteiger partial charge >= 0.3 is 0 Å². The highest BCUT2D eigenvalue weighted by molar-refractivity contribution is 5.88. The van der Waals surface area contributed by atoms with E-state index >= 15 is 0 Å². The Balaban J connectivity index is 2.51. The standard InChI is InChI=1S/C16H23NO2/c1-17(2)15(19)16(13-8-4-3-5-9-13)11-7-6-10-14(16)12-18/h3-5,8-9,14,18H,6-7,10-12H2,1-2H3/t14-,16+/m0/s1. The van der Waals surface area contributed by atoms with Crippen LogP contribution >= 0.6 is 0 Å². The third-order valence-electron chi connectivity index (χ3n) is 4.37. The summed E-state index contributed by atoms with van der Waals surface area (Å²) in [4.78, 5) is 14.5. The molecule has 1 aromatic rings. The van der Waals surface area contributed by atoms with Crippen molar-refractivity contribution >= 4 is 5.91 Å². The van der Waals surface area contributed by atoms with Crippen LogP contribution in [-0.2, 0) is 10.2 Å². The lowest BCUT2D eigenvalue weighted by molar-refractivity contribution is -0.139. The van der Waals surface area contributed by atoms with E-state index in [1.165, 1.54) is 0 Å². The summed E-state index contributed by atoms with van der Waals surface area (Å²) in [5.74, 6) is 0.149. The van der Waals surface area contributed by atoms with E-state index in [2.05, 4.69) is 0 Å². The van der Waals surface area contributed by atoms with Gasteiger partial charge in [-0.2, -0.15) is 0 Å². The third-order valence-corrected chi connectivity index (χ3v) is 4.37. The lowest BCUT2D eigenvalue weighted by Gasteiger charge is -2.44. The van der Waals surface area contributed by atoms with E-state index in [0.717, 1.165) is 31.2 Å². The Labute approximate surface area is 115 Å². The minimum atomic E-state index is -0.544. The Kier molecular flexibility index (Phi) is 4.25. The van der Waals surface area contributed by atoms with Crippen LogP contribution in [0, 0.1) is 5.92 Å². The monoisotopic (exact) mass is 261 g/mol. The Morgan fingerprint density at radius 3 is 2.58 bits per heavy atom. The van der Waals surface area contributed by atoms with Gasteiger partial charge in [0.25, 0.3) is 0 Å². The average Bonchev–Trinajstić information content (AvgIpc) is 2.47. The molecule has 0 aliphatic heterocycles. The SMILES string of the molecule is CN(C)C(=O)[C@@]1(c2ccccc2)CCCC[C@H]1CO. The number of benzene rings is 1. The summed E-state index contributed by atoms with van der Waals surface area (Å²) < 4.78 is 0. The van der Waals surface area contributed by atoms with Crippen molar-refractivity contribution in [1.29, 1.82) is 0 Å². The number of carbonyl (C=O) groups excluding carboxylic acids is 1. The molecule has 0 heterocycles. The second-order valence-corrected chi connectivity index (χ2v) is 5.66. The fourth-order valence-electron chi connectivity index (χ4n) is 3.41. The van der Waals surface area contributed by atoms with Crippen LogP contribution in [0.2, 0.25) is 0 Å². The third kappa shape index (κ3) is 2.39. The Hall–Kier alpha value is -1.35. The maximum atomic E-state index is 12.8. The van der Waals surface area contributed by atoms with Gasteiger partial charge in [0.2, 0.25) is 5.91 Å². The molecule has 1 aliphatic rings. The first-order chi connectivity index (χ1) is 9.13. The molecule has 1 aliphatic carbocycles. The summed E-state index contributed by atoms with van der Waals surface area (Å²) in [6, 6.07) is 9.96. The van der Waals surface area contributed by atoms with Crippen molar-refractivity contribution in [3.05, 3.63) is 35.9 Å². The van der Waals surface area contributed by atoms with E-state index in [-0.39, 0.29) is 18.4 Å². The average molecular weight is 261 g/mol. The number of hydrogen-bond acceptors (Lipinski definition) is 2. The van der Waals surface area contributed by atoms with Crippen molar-refractivity contribution in [2.24, 2.45) is 5.92 Å². The molecule has 2 atom stereocenters. The molecule has 0 bridgehead atoms. The van der Waals surface area contributed by atoms with Crippen LogP contribution in [0.4, 0.5) is 0 Å². The van der Waals surface area contributed by atoms with Crippen molar-refractivity contribution < 1.29 is 9.90 Å². The van der Waals surface area contributed by atoms with Crippen molar-refractivity contribution in [3.8, 4) is 0 Å². The summed E-state index contributed by atoms with van der Waals surface area (Å²) in [7, 11) is 3.60. The molecule has 0 aromatic heterocycles. The molecular weight excluding hydrogens is 238 g/mol. The van der Waals surface area contributed by atoms with Gasteiger partial charge < -0.3 is 10.0 Å². The zero-order chi connectivity index (χ0) is 13.9. The van der Waals surface area contributed by atoms with Crippen LogP contribution in [0.25, 0.3) is 0 Å². The smallest absolute Gasteiger partial charge is 0.233 e. The topological polar surface area (TPSA) is 40.5 Å². The molecule has 0 spiro atoms. The predicted octanol–water partition coefficient (Wildman–Crippen LogP) is 2.20. The van der Waals surface area contributed by atoms with Gasteiger partial charge in [-0.3, -0.25) is 4.79 Å². The molecule has 19 heavy (non-hydrogen) atoms. The molecule has 0 radical (unpaired) electrons. The van der Waals surface area contributed by atoms with Gasteiger partial charge in [-0.25, -0.2) is 0 Å². The number of carbonyl (C=O) groups is 1. The van der Waals surface area contributed by atoms with E-state index < -0.39 is 5.41 Å². The number of hydrogen-bond donors (Lipinski definition) is 1. The summed E-state index contributed by atoms with van der Waals surface area (Å²) in [6.07, 6.45) is 3.90. The Morgan fingerprint density at radius 1 is 1.32 bits per heavy atom. The quantitative estimate of drug-likeness (QED) is 0.906. The highest BCUT2D eigenvalue weighted by Crippen LogP contribution is 2.44. The van der Waals surface area contributed by atoms with Gasteiger partial charge in [-0.1, -0.05) is 43.2 Å². The number of likely N-dealkylation sites (N-methyl/N-ethyl adjacent to an activating group) is 1. The van der Waals surface area contributed by atoms with Crippen LogP contribution in [0.3, 0.4) is 0 Å². The number of aliphatic hydroxyl groups excluding tert-OH is 1. The molecule has 1 N–H and O–H groups in total. The van der Waals surface area contributed by atoms with Crippen molar-refractivity contribution in [2.45, 2.75) is 31.1 Å². The van der Waals surface area contributed by atoms with Crippen LogP contribution in [-0.4, -0.2) is 36.6 Å². The molecule has 3 nitrogen and oxygen atoms in total.